The smallest absolute Gasteiger partial charge is 0.446 e. The Hall–Kier alpha value is -3.53. The van der Waals surface area contributed by atoms with Crippen LogP contribution in [0.2, 0.25) is 0 Å². The number of aromatic hydroxyl groups is 3. The van der Waals surface area contributed by atoms with Crippen LogP contribution >= 0.6 is 0 Å². The molecule has 0 fully saturated rings. The molecule has 3 rings (SSSR count). The van der Waals surface area contributed by atoms with Crippen LogP contribution in [0.3, 0.4) is 0 Å². The predicted molar refractivity (Wildman–Crippen MR) is 97.3 cm³/mol. The Kier molecular flexibility index (Phi) is 4.99. The zero-order valence-corrected chi connectivity index (χ0v) is 15.8. The summed E-state index contributed by atoms with van der Waals surface area (Å²) in [6.07, 6.45) is 0. The van der Waals surface area contributed by atoms with Gasteiger partial charge in [0.05, 0.1) is 0 Å². The van der Waals surface area contributed by atoms with Crippen molar-refractivity contribution < 1.29 is 54.0 Å². The van der Waals surface area contributed by atoms with Crippen LogP contribution in [0.1, 0.15) is 0 Å². The molecule has 15 heteroatoms. The number of rotatable bonds is 5. The second-order valence-electron chi connectivity index (χ2n) is 5.63. The molecule has 0 saturated carbocycles. The van der Waals surface area contributed by atoms with Gasteiger partial charge in [-0.1, -0.05) is 0 Å². The minimum absolute atomic E-state index is 0.174. The third-order valence-corrected chi connectivity index (χ3v) is 4.34. The van der Waals surface area contributed by atoms with Crippen LogP contribution in [0.15, 0.2) is 39.5 Å². The molecule has 1 aromatic heterocycles. The lowest BCUT2D eigenvalue weighted by Gasteiger charge is -2.10. The molecule has 0 bridgehead atoms. The zero-order valence-electron chi connectivity index (χ0n) is 14.2. The maximum absolute atomic E-state index is 12.4. The zero-order chi connectivity index (χ0) is 22.4. The van der Waals surface area contributed by atoms with Crippen LogP contribution in [0.4, 0.5) is 0 Å². The van der Waals surface area contributed by atoms with Crippen molar-refractivity contribution in [2.45, 2.75) is 0 Å². The Morgan fingerprint density at radius 2 is 1.47 bits per heavy atom. The lowest BCUT2D eigenvalue weighted by Crippen LogP contribution is -2.08. The third-order valence-electron chi connectivity index (χ3n) is 3.54. The molecule has 13 nitrogen and oxygen atoms in total. The maximum atomic E-state index is 12.4. The van der Waals surface area contributed by atoms with E-state index in [9.17, 15) is 36.9 Å². The summed E-state index contributed by atoms with van der Waals surface area (Å²) in [4.78, 5) is 12.4. The minimum Gasteiger partial charge on any atom is -0.507 e. The van der Waals surface area contributed by atoms with Crippen LogP contribution in [-0.4, -0.2) is 41.3 Å². The van der Waals surface area contributed by atoms with E-state index >= 15 is 0 Å². The third kappa shape index (κ3) is 4.38. The monoisotopic (exact) mass is 462 g/mol. The van der Waals surface area contributed by atoms with Gasteiger partial charge in [-0.3, -0.25) is 13.9 Å². The standard InChI is InChI=1S/C15H10O13S2/c16-8-3-6(1-2-10(8)28-30(23,24)25)15-14(19)13(18)12-9(17)4-7(5-11(12)26-15)27-29(20,21)22/h1-5,16-17,19H,(H,20,21,22)(H,23,24,25). The second kappa shape index (κ2) is 7.06. The summed E-state index contributed by atoms with van der Waals surface area (Å²) in [6, 6.07) is 4.24. The average Bonchev–Trinajstić information content (AvgIpc) is 2.57. The summed E-state index contributed by atoms with van der Waals surface area (Å²) < 4.78 is 74.2. The van der Waals surface area contributed by atoms with Gasteiger partial charge < -0.3 is 28.1 Å². The van der Waals surface area contributed by atoms with Gasteiger partial charge in [-0.25, -0.2) is 0 Å². The summed E-state index contributed by atoms with van der Waals surface area (Å²) in [6.45, 7) is 0. The van der Waals surface area contributed by atoms with Gasteiger partial charge in [-0.05, 0) is 18.2 Å². The van der Waals surface area contributed by atoms with Crippen molar-refractivity contribution in [3.05, 3.63) is 40.6 Å². The molecule has 5 N–H and O–H groups in total. The summed E-state index contributed by atoms with van der Waals surface area (Å²) in [5.41, 5.74) is -1.78. The molecular formula is C15H10O13S2. The number of phenols is 2. The topological polar surface area (TPSA) is 218 Å². The Morgan fingerprint density at radius 3 is 2.03 bits per heavy atom. The van der Waals surface area contributed by atoms with Crippen molar-refractivity contribution in [3.8, 4) is 40.1 Å². The fraction of sp³-hybridized carbons (Fsp3) is 0. The Morgan fingerprint density at radius 1 is 0.833 bits per heavy atom. The Balaban J connectivity index is 2.20. The minimum atomic E-state index is -4.97. The van der Waals surface area contributed by atoms with Gasteiger partial charge in [-0.15, -0.1) is 0 Å². The van der Waals surface area contributed by atoms with Gasteiger partial charge in [0, 0.05) is 17.7 Å². The largest absolute Gasteiger partial charge is 0.507 e. The highest BCUT2D eigenvalue weighted by Crippen LogP contribution is 2.38. The number of hydrogen-bond donors (Lipinski definition) is 5. The van der Waals surface area contributed by atoms with Crippen LogP contribution in [0.25, 0.3) is 22.3 Å². The molecule has 0 aliphatic carbocycles. The summed E-state index contributed by atoms with van der Waals surface area (Å²) in [5.74, 6) is -4.53. The molecule has 0 amide bonds. The Bertz CT molecular complexity index is 1440. The fourth-order valence-electron chi connectivity index (χ4n) is 2.47. The number of fused-ring (bicyclic) bond motifs is 1. The van der Waals surface area contributed by atoms with E-state index in [1.165, 1.54) is 0 Å². The number of phenolic OH excluding ortho intramolecular Hbond substituents is 2. The normalized spacial score (nSPS) is 12.1. The highest BCUT2D eigenvalue weighted by Gasteiger charge is 2.21. The van der Waals surface area contributed by atoms with Gasteiger partial charge in [0.25, 0.3) is 0 Å². The molecule has 0 atom stereocenters. The summed E-state index contributed by atoms with van der Waals surface area (Å²) in [5, 5.41) is 29.4. The highest BCUT2D eigenvalue weighted by molar-refractivity contribution is 7.81. The highest BCUT2D eigenvalue weighted by atomic mass is 32.3. The number of hydrogen-bond acceptors (Lipinski definition) is 11. The molecular weight excluding hydrogens is 452 g/mol. The van der Waals surface area contributed by atoms with Gasteiger partial charge >= 0.3 is 20.8 Å². The predicted octanol–water partition coefficient (Wildman–Crippen LogP) is 0.940. The molecule has 160 valence electrons. The van der Waals surface area contributed by atoms with Crippen LogP contribution < -0.4 is 13.8 Å². The number of benzene rings is 2. The Labute approximate surface area is 166 Å². The van der Waals surface area contributed by atoms with Gasteiger partial charge in [0.15, 0.2) is 23.0 Å². The molecule has 0 spiro atoms. The van der Waals surface area contributed by atoms with Crippen LogP contribution in [0, 0.1) is 0 Å². The van der Waals surface area contributed by atoms with E-state index in [1.807, 2.05) is 0 Å². The second-order valence-corrected chi connectivity index (χ2v) is 7.67. The molecule has 2 aromatic carbocycles. The van der Waals surface area contributed by atoms with Gasteiger partial charge in [0.1, 0.15) is 16.7 Å². The molecule has 1 heterocycles. The van der Waals surface area contributed by atoms with Crippen molar-refractivity contribution in [1.29, 1.82) is 0 Å². The van der Waals surface area contributed by atoms with Crippen LogP contribution in [-0.2, 0) is 20.8 Å². The van der Waals surface area contributed by atoms with Crippen molar-refractivity contribution in [1.82, 2.24) is 0 Å². The SMILES string of the molecule is O=c1c(O)c(-c2ccc(OS(=O)(=O)O)c(O)c2)oc2cc(OS(=O)(=O)O)cc(O)c12. The van der Waals surface area contributed by atoms with E-state index in [0.29, 0.717) is 6.07 Å². The quantitative estimate of drug-likeness (QED) is 0.334. The molecule has 0 aliphatic rings. The van der Waals surface area contributed by atoms with E-state index < -0.39 is 71.7 Å². The average molecular weight is 462 g/mol. The lowest BCUT2D eigenvalue weighted by molar-refractivity contribution is 0.371. The summed E-state index contributed by atoms with van der Waals surface area (Å²) in [7, 11) is -9.90. The maximum Gasteiger partial charge on any atom is 0.446 e. The molecule has 3 aromatic rings. The van der Waals surface area contributed by atoms with E-state index in [4.69, 9.17) is 13.5 Å². The first-order valence-electron chi connectivity index (χ1n) is 7.45. The fourth-order valence-corrected chi connectivity index (χ4v) is 3.18. The van der Waals surface area contributed by atoms with E-state index in [0.717, 1.165) is 24.3 Å². The first kappa shape index (κ1) is 21.2. The van der Waals surface area contributed by atoms with E-state index in [-0.39, 0.29) is 5.56 Å². The van der Waals surface area contributed by atoms with Crippen molar-refractivity contribution in [2.24, 2.45) is 0 Å². The van der Waals surface area contributed by atoms with Gasteiger partial charge in [0.2, 0.25) is 11.2 Å². The molecule has 0 aliphatic heterocycles. The van der Waals surface area contributed by atoms with Crippen molar-refractivity contribution >= 4 is 31.8 Å². The lowest BCUT2D eigenvalue weighted by atomic mass is 10.1. The van der Waals surface area contributed by atoms with E-state index in [1.54, 1.807) is 0 Å². The molecule has 30 heavy (non-hydrogen) atoms. The molecule has 0 saturated heterocycles. The van der Waals surface area contributed by atoms with Crippen molar-refractivity contribution in [3.63, 3.8) is 0 Å². The summed E-state index contributed by atoms with van der Waals surface area (Å²) >= 11 is 0. The van der Waals surface area contributed by atoms with Crippen LogP contribution in [0.5, 0.6) is 28.7 Å². The first-order valence-corrected chi connectivity index (χ1v) is 10.2. The first-order chi connectivity index (χ1) is 13.7. The molecule has 0 unspecified atom stereocenters. The molecule has 0 radical (unpaired) electrons. The van der Waals surface area contributed by atoms with Crippen molar-refractivity contribution in [2.75, 3.05) is 0 Å². The van der Waals surface area contributed by atoms with Gasteiger partial charge in [-0.2, -0.15) is 16.8 Å². The van der Waals surface area contributed by atoms with E-state index in [2.05, 4.69) is 8.37 Å².